The van der Waals surface area contributed by atoms with Crippen molar-refractivity contribution in [3.8, 4) is 0 Å². The number of hydrogen-bond acceptors (Lipinski definition) is 5. The second-order valence-corrected chi connectivity index (χ2v) is 7.19. The Morgan fingerprint density at radius 3 is 2.96 bits per heavy atom. The van der Waals surface area contributed by atoms with Gasteiger partial charge >= 0.3 is 0 Å². The number of pyridine rings is 1. The van der Waals surface area contributed by atoms with Gasteiger partial charge in [0, 0.05) is 23.3 Å². The van der Waals surface area contributed by atoms with E-state index in [1.807, 2.05) is 40.3 Å². The van der Waals surface area contributed by atoms with Crippen LogP contribution in [0.5, 0.6) is 0 Å². The maximum atomic E-state index is 12.0. The molecule has 0 fully saturated rings. The minimum Gasteiger partial charge on any atom is -0.352 e. The van der Waals surface area contributed by atoms with Gasteiger partial charge in [0.25, 0.3) is 5.91 Å². The highest BCUT2D eigenvalue weighted by atomic mass is 32.1. The molecule has 4 nitrogen and oxygen atoms in total. The van der Waals surface area contributed by atoms with Crippen molar-refractivity contribution >= 4 is 40.1 Å². The molecule has 1 aliphatic heterocycles. The maximum absolute atomic E-state index is 12.0. The van der Waals surface area contributed by atoms with Gasteiger partial charge in [0.2, 0.25) is 0 Å². The Hall–Kier alpha value is -2.18. The topological polar surface area (TPSA) is 45.2 Å². The monoisotopic (exact) mass is 341 g/mol. The first kappa shape index (κ1) is 14.4. The highest BCUT2D eigenvalue weighted by Crippen LogP contribution is 2.27. The van der Waals surface area contributed by atoms with Crippen LogP contribution in [0.15, 0.2) is 46.6 Å². The number of anilines is 2. The Morgan fingerprint density at radius 2 is 2.17 bits per heavy atom. The molecule has 0 aromatic carbocycles. The number of nitrogens with zero attached hydrogens (tertiary/aromatic N) is 2. The van der Waals surface area contributed by atoms with Crippen LogP contribution in [-0.2, 0) is 13.0 Å². The molecule has 0 saturated heterocycles. The smallest absolute Gasteiger partial charge is 0.256 e. The van der Waals surface area contributed by atoms with E-state index in [0.717, 1.165) is 31.0 Å². The molecule has 0 bridgehead atoms. The van der Waals surface area contributed by atoms with Crippen molar-refractivity contribution < 1.29 is 4.79 Å². The first-order chi connectivity index (χ1) is 11.3. The molecule has 0 unspecified atom stereocenters. The van der Waals surface area contributed by atoms with Crippen molar-refractivity contribution in [3.05, 3.63) is 62.6 Å². The average Bonchev–Trinajstić information content (AvgIpc) is 3.26. The van der Waals surface area contributed by atoms with Crippen LogP contribution in [0, 0.1) is 0 Å². The van der Waals surface area contributed by atoms with E-state index in [9.17, 15) is 4.79 Å². The third kappa shape index (κ3) is 3.00. The highest BCUT2D eigenvalue weighted by Gasteiger charge is 2.18. The van der Waals surface area contributed by atoms with Crippen LogP contribution in [0.25, 0.3) is 0 Å². The number of carbonyl (C=O) groups is 1. The number of fused-ring (bicyclic) bond motifs is 1. The average molecular weight is 341 g/mol. The van der Waals surface area contributed by atoms with E-state index >= 15 is 0 Å². The molecule has 4 rings (SSSR count). The molecule has 0 saturated carbocycles. The van der Waals surface area contributed by atoms with Crippen molar-refractivity contribution in [3.63, 3.8) is 0 Å². The molecule has 116 valence electrons. The molecule has 0 aliphatic carbocycles. The van der Waals surface area contributed by atoms with E-state index < -0.39 is 0 Å². The van der Waals surface area contributed by atoms with Crippen LogP contribution in [0.4, 0.5) is 11.5 Å². The van der Waals surface area contributed by atoms with Crippen molar-refractivity contribution in [2.45, 2.75) is 13.0 Å². The number of rotatable bonds is 3. The van der Waals surface area contributed by atoms with E-state index in [1.54, 1.807) is 6.20 Å². The van der Waals surface area contributed by atoms with Gasteiger partial charge in [0.15, 0.2) is 0 Å². The van der Waals surface area contributed by atoms with Crippen molar-refractivity contribution in [2.75, 3.05) is 16.8 Å². The standard InChI is InChI=1S/C17H15N3OS2/c21-17(13-4-7-22-11-13)19-14-1-2-16(18-9-14)20-6-3-15-12(10-20)5-8-23-15/h1-2,4-5,7-9,11H,3,6,10H2,(H,19,21). The van der Waals surface area contributed by atoms with Gasteiger partial charge < -0.3 is 10.2 Å². The minimum absolute atomic E-state index is 0.0957. The first-order valence-electron chi connectivity index (χ1n) is 7.39. The molecule has 6 heteroatoms. The fraction of sp³-hybridized carbons (Fsp3) is 0.176. The second kappa shape index (κ2) is 6.14. The number of carbonyl (C=O) groups excluding carboxylic acids is 1. The quantitative estimate of drug-likeness (QED) is 0.782. The molecule has 1 amide bonds. The summed E-state index contributed by atoms with van der Waals surface area (Å²) >= 11 is 3.35. The van der Waals surface area contributed by atoms with Gasteiger partial charge in [-0.3, -0.25) is 4.79 Å². The van der Waals surface area contributed by atoms with Crippen molar-refractivity contribution in [1.29, 1.82) is 0 Å². The van der Waals surface area contributed by atoms with Gasteiger partial charge in [0.1, 0.15) is 5.82 Å². The van der Waals surface area contributed by atoms with E-state index in [1.165, 1.54) is 21.8 Å². The van der Waals surface area contributed by atoms with Crippen LogP contribution in [0.1, 0.15) is 20.8 Å². The summed E-state index contributed by atoms with van der Waals surface area (Å²) in [4.78, 5) is 20.3. The van der Waals surface area contributed by atoms with E-state index in [4.69, 9.17) is 0 Å². The minimum atomic E-state index is -0.0957. The Labute approximate surface area is 142 Å². The maximum Gasteiger partial charge on any atom is 0.256 e. The van der Waals surface area contributed by atoms with Crippen molar-refractivity contribution in [1.82, 2.24) is 4.98 Å². The van der Waals surface area contributed by atoms with Gasteiger partial charge in [0.05, 0.1) is 17.4 Å². The number of amides is 1. The fourth-order valence-corrected chi connectivity index (χ4v) is 4.21. The second-order valence-electron chi connectivity index (χ2n) is 5.41. The van der Waals surface area contributed by atoms with Gasteiger partial charge in [-0.2, -0.15) is 11.3 Å². The zero-order valence-corrected chi connectivity index (χ0v) is 14.0. The first-order valence-corrected chi connectivity index (χ1v) is 9.21. The van der Waals surface area contributed by atoms with Crippen LogP contribution < -0.4 is 10.2 Å². The number of aromatic nitrogens is 1. The van der Waals surface area contributed by atoms with Gasteiger partial charge in [-0.15, -0.1) is 11.3 Å². The summed E-state index contributed by atoms with van der Waals surface area (Å²) in [6.45, 7) is 1.90. The SMILES string of the molecule is O=C(Nc1ccc(N2CCc3sccc3C2)nc1)c1ccsc1. The number of hydrogen-bond donors (Lipinski definition) is 1. The van der Waals surface area contributed by atoms with Crippen LogP contribution >= 0.6 is 22.7 Å². The zero-order valence-electron chi connectivity index (χ0n) is 12.4. The lowest BCUT2D eigenvalue weighted by atomic mass is 10.1. The molecule has 0 atom stereocenters. The highest BCUT2D eigenvalue weighted by molar-refractivity contribution is 7.10. The lowest BCUT2D eigenvalue weighted by Gasteiger charge is -2.28. The molecule has 1 aliphatic rings. The molecule has 4 heterocycles. The summed E-state index contributed by atoms with van der Waals surface area (Å²) in [5, 5.41) is 8.76. The molecule has 3 aromatic heterocycles. The number of thiophene rings is 2. The molecule has 0 spiro atoms. The normalized spacial score (nSPS) is 13.7. The Bertz CT molecular complexity index is 809. The van der Waals surface area contributed by atoms with E-state index in [-0.39, 0.29) is 5.91 Å². The van der Waals surface area contributed by atoms with Crippen LogP contribution in [0.2, 0.25) is 0 Å². The summed E-state index contributed by atoms with van der Waals surface area (Å²) in [5.74, 6) is 0.858. The van der Waals surface area contributed by atoms with Gasteiger partial charge in [-0.05, 0) is 47.0 Å². The van der Waals surface area contributed by atoms with Gasteiger partial charge in [-0.25, -0.2) is 4.98 Å². The Kier molecular flexibility index (Phi) is 3.85. The summed E-state index contributed by atoms with van der Waals surface area (Å²) in [7, 11) is 0. The summed E-state index contributed by atoms with van der Waals surface area (Å²) in [6, 6.07) is 7.89. The van der Waals surface area contributed by atoms with Crippen molar-refractivity contribution in [2.24, 2.45) is 0 Å². The van der Waals surface area contributed by atoms with E-state index in [2.05, 4.69) is 26.6 Å². The van der Waals surface area contributed by atoms with E-state index in [0.29, 0.717) is 5.56 Å². The summed E-state index contributed by atoms with van der Waals surface area (Å²) < 4.78 is 0. The third-order valence-corrected chi connectivity index (χ3v) is 5.63. The van der Waals surface area contributed by atoms with Crippen LogP contribution in [-0.4, -0.2) is 17.4 Å². The predicted octanol–water partition coefficient (Wildman–Crippen LogP) is 4.02. The molecule has 1 N–H and O–H groups in total. The fourth-order valence-electron chi connectivity index (χ4n) is 2.69. The summed E-state index contributed by atoms with van der Waals surface area (Å²) in [5.41, 5.74) is 2.80. The molecular weight excluding hydrogens is 326 g/mol. The number of nitrogens with one attached hydrogen (secondary N) is 1. The molecule has 3 aromatic rings. The summed E-state index contributed by atoms with van der Waals surface area (Å²) in [6.07, 6.45) is 2.80. The van der Waals surface area contributed by atoms with Gasteiger partial charge in [-0.1, -0.05) is 0 Å². The Morgan fingerprint density at radius 1 is 1.22 bits per heavy atom. The lowest BCUT2D eigenvalue weighted by Crippen LogP contribution is -2.30. The predicted molar refractivity (Wildman–Crippen MR) is 95.6 cm³/mol. The lowest BCUT2D eigenvalue weighted by molar-refractivity contribution is 0.102. The zero-order chi connectivity index (χ0) is 15.6. The molecule has 23 heavy (non-hydrogen) atoms. The third-order valence-electron chi connectivity index (χ3n) is 3.92. The molecule has 0 radical (unpaired) electrons. The van der Waals surface area contributed by atoms with Crippen LogP contribution in [0.3, 0.4) is 0 Å². The molecular formula is C17H15N3OS2. The Balaban J connectivity index is 1.45. The largest absolute Gasteiger partial charge is 0.352 e.